The second kappa shape index (κ2) is 6.19. The predicted octanol–water partition coefficient (Wildman–Crippen LogP) is 4.14. The van der Waals surface area contributed by atoms with E-state index < -0.39 is 6.10 Å². The molecule has 0 radical (unpaired) electrons. The van der Waals surface area contributed by atoms with Crippen LogP contribution in [0.1, 0.15) is 29.0 Å². The molecular formula is C14H13Cl2NO. The monoisotopic (exact) mass is 281 g/mol. The van der Waals surface area contributed by atoms with Crippen molar-refractivity contribution in [1.82, 2.24) is 4.98 Å². The summed E-state index contributed by atoms with van der Waals surface area (Å²) in [6.45, 7) is 0. The maximum Gasteiger partial charge on any atom is 0.0822 e. The molecule has 0 fully saturated rings. The minimum atomic E-state index is -0.641. The van der Waals surface area contributed by atoms with Crippen molar-refractivity contribution in [2.75, 3.05) is 0 Å². The zero-order chi connectivity index (χ0) is 13.0. The molecule has 0 aliphatic carbocycles. The molecule has 2 rings (SSSR count). The molecule has 1 heterocycles. The Morgan fingerprint density at radius 2 is 1.94 bits per heavy atom. The molecule has 2 aromatic rings. The summed E-state index contributed by atoms with van der Waals surface area (Å²) in [5.41, 5.74) is 1.60. The summed E-state index contributed by atoms with van der Waals surface area (Å²) >= 11 is 12.4. The highest BCUT2D eigenvalue weighted by atomic mass is 35.5. The van der Waals surface area contributed by atoms with E-state index in [2.05, 4.69) is 4.98 Å². The molecule has 0 saturated heterocycles. The van der Waals surface area contributed by atoms with Gasteiger partial charge in [-0.25, -0.2) is 0 Å². The number of aliphatic hydroxyl groups is 1. The van der Waals surface area contributed by atoms with Crippen LogP contribution in [0, 0.1) is 0 Å². The zero-order valence-electron chi connectivity index (χ0n) is 9.63. The number of alkyl halides is 1. The summed E-state index contributed by atoms with van der Waals surface area (Å²) in [5, 5.41) is 10.4. The Morgan fingerprint density at radius 1 is 1.17 bits per heavy atom. The Hall–Kier alpha value is -1.09. The lowest BCUT2D eigenvalue weighted by Gasteiger charge is -2.16. The molecule has 18 heavy (non-hydrogen) atoms. The first-order valence-electron chi connectivity index (χ1n) is 5.65. The minimum Gasteiger partial charge on any atom is -0.388 e. The standard InChI is InChI=1S/C14H13Cl2NO/c15-12-6-2-1-5-11(12)13(16)8-14(18)10-4-3-7-17-9-10/h1-7,9,13-14,18H,8H2/t13-,14-/m1/s1. The number of hydrogen-bond acceptors (Lipinski definition) is 2. The van der Waals surface area contributed by atoms with E-state index in [9.17, 15) is 5.11 Å². The first kappa shape index (κ1) is 13.3. The van der Waals surface area contributed by atoms with Gasteiger partial charge in [0, 0.05) is 17.4 Å². The maximum absolute atomic E-state index is 10.1. The SMILES string of the molecule is O[C@H](C[C@@H](Cl)c1ccccc1Cl)c1cccnc1. The van der Waals surface area contributed by atoms with Crippen molar-refractivity contribution in [2.24, 2.45) is 0 Å². The van der Waals surface area contributed by atoms with Crippen molar-refractivity contribution in [3.8, 4) is 0 Å². The molecule has 0 aliphatic rings. The molecule has 0 saturated carbocycles. The van der Waals surface area contributed by atoms with Gasteiger partial charge in [0.2, 0.25) is 0 Å². The number of pyridine rings is 1. The van der Waals surface area contributed by atoms with Crippen LogP contribution in [0.4, 0.5) is 0 Å². The third-order valence-electron chi connectivity index (χ3n) is 2.74. The fourth-order valence-corrected chi connectivity index (χ4v) is 2.44. The summed E-state index contributed by atoms with van der Waals surface area (Å²) in [6.07, 6.45) is 3.07. The molecule has 94 valence electrons. The normalized spacial score (nSPS) is 14.2. The quantitative estimate of drug-likeness (QED) is 0.855. The van der Waals surface area contributed by atoms with Gasteiger partial charge < -0.3 is 5.11 Å². The molecule has 0 amide bonds. The molecule has 2 atom stereocenters. The average molecular weight is 282 g/mol. The minimum absolute atomic E-state index is 0.325. The lowest BCUT2D eigenvalue weighted by Crippen LogP contribution is -2.02. The molecular weight excluding hydrogens is 269 g/mol. The first-order valence-corrected chi connectivity index (χ1v) is 6.46. The van der Waals surface area contributed by atoms with E-state index in [0.717, 1.165) is 11.1 Å². The van der Waals surface area contributed by atoms with Crippen LogP contribution in [-0.2, 0) is 0 Å². The van der Waals surface area contributed by atoms with Crippen LogP contribution in [0.2, 0.25) is 5.02 Å². The number of rotatable bonds is 4. The Labute approximate surface area is 116 Å². The molecule has 1 N–H and O–H groups in total. The number of benzene rings is 1. The predicted molar refractivity (Wildman–Crippen MR) is 73.9 cm³/mol. The smallest absolute Gasteiger partial charge is 0.0822 e. The van der Waals surface area contributed by atoms with E-state index in [1.807, 2.05) is 24.3 Å². The summed E-state index contributed by atoms with van der Waals surface area (Å²) in [5.74, 6) is 0. The topological polar surface area (TPSA) is 33.1 Å². The highest BCUT2D eigenvalue weighted by molar-refractivity contribution is 6.32. The van der Waals surface area contributed by atoms with Crippen LogP contribution in [0.25, 0.3) is 0 Å². The second-order valence-electron chi connectivity index (χ2n) is 4.03. The highest BCUT2D eigenvalue weighted by Crippen LogP contribution is 2.34. The van der Waals surface area contributed by atoms with Gasteiger partial charge in [-0.2, -0.15) is 0 Å². The van der Waals surface area contributed by atoms with Crippen molar-refractivity contribution >= 4 is 23.2 Å². The fraction of sp³-hybridized carbons (Fsp3) is 0.214. The molecule has 4 heteroatoms. The second-order valence-corrected chi connectivity index (χ2v) is 4.96. The van der Waals surface area contributed by atoms with Gasteiger partial charge in [0.1, 0.15) is 0 Å². The van der Waals surface area contributed by atoms with Crippen molar-refractivity contribution < 1.29 is 5.11 Å². The van der Waals surface area contributed by atoms with Gasteiger partial charge in [-0.15, -0.1) is 11.6 Å². The Kier molecular flexibility index (Phi) is 4.59. The van der Waals surface area contributed by atoms with Crippen molar-refractivity contribution in [3.05, 3.63) is 64.9 Å². The molecule has 1 aromatic carbocycles. The third-order valence-corrected chi connectivity index (χ3v) is 3.50. The fourth-order valence-electron chi connectivity index (χ4n) is 1.76. The van der Waals surface area contributed by atoms with Gasteiger partial charge >= 0.3 is 0 Å². The van der Waals surface area contributed by atoms with Crippen molar-refractivity contribution in [1.29, 1.82) is 0 Å². The molecule has 0 unspecified atom stereocenters. The number of aliphatic hydroxyl groups excluding tert-OH is 1. The number of nitrogens with zero attached hydrogens (tertiary/aromatic N) is 1. The Bertz CT molecular complexity index is 504. The Balaban J connectivity index is 2.08. The van der Waals surface area contributed by atoms with Gasteiger partial charge in [-0.3, -0.25) is 4.98 Å². The molecule has 1 aromatic heterocycles. The molecule has 0 spiro atoms. The maximum atomic E-state index is 10.1. The largest absolute Gasteiger partial charge is 0.388 e. The van der Waals surface area contributed by atoms with Gasteiger partial charge in [0.05, 0.1) is 11.5 Å². The van der Waals surface area contributed by atoms with Gasteiger partial charge in [0.25, 0.3) is 0 Å². The first-order chi connectivity index (χ1) is 8.68. The van der Waals surface area contributed by atoms with Crippen molar-refractivity contribution in [2.45, 2.75) is 17.9 Å². The van der Waals surface area contributed by atoms with E-state index in [1.54, 1.807) is 24.5 Å². The molecule has 0 aliphatic heterocycles. The summed E-state index contributed by atoms with van der Waals surface area (Å²) < 4.78 is 0. The van der Waals surface area contributed by atoms with Gasteiger partial charge in [-0.1, -0.05) is 35.9 Å². The van der Waals surface area contributed by atoms with Crippen LogP contribution in [0.5, 0.6) is 0 Å². The van der Waals surface area contributed by atoms with E-state index in [4.69, 9.17) is 23.2 Å². The zero-order valence-corrected chi connectivity index (χ0v) is 11.1. The average Bonchev–Trinajstić information content (AvgIpc) is 2.40. The van der Waals surface area contributed by atoms with Crippen LogP contribution < -0.4 is 0 Å². The van der Waals surface area contributed by atoms with Gasteiger partial charge in [0.15, 0.2) is 0 Å². The van der Waals surface area contributed by atoms with Crippen LogP contribution in [0.3, 0.4) is 0 Å². The molecule has 0 bridgehead atoms. The van der Waals surface area contributed by atoms with Crippen LogP contribution >= 0.6 is 23.2 Å². The van der Waals surface area contributed by atoms with E-state index in [-0.39, 0.29) is 5.38 Å². The summed E-state index contributed by atoms with van der Waals surface area (Å²) in [4.78, 5) is 3.97. The number of hydrogen-bond donors (Lipinski definition) is 1. The van der Waals surface area contributed by atoms with E-state index in [1.165, 1.54) is 0 Å². The van der Waals surface area contributed by atoms with Crippen LogP contribution in [-0.4, -0.2) is 10.1 Å². The van der Waals surface area contributed by atoms with Gasteiger partial charge in [-0.05, 0) is 29.7 Å². The third kappa shape index (κ3) is 3.22. The lowest BCUT2D eigenvalue weighted by atomic mass is 10.0. The van der Waals surface area contributed by atoms with Crippen LogP contribution in [0.15, 0.2) is 48.8 Å². The lowest BCUT2D eigenvalue weighted by molar-refractivity contribution is 0.166. The number of aromatic nitrogens is 1. The van der Waals surface area contributed by atoms with E-state index >= 15 is 0 Å². The van der Waals surface area contributed by atoms with E-state index in [0.29, 0.717) is 11.4 Å². The summed E-state index contributed by atoms with van der Waals surface area (Å²) in [6, 6.07) is 11.0. The van der Waals surface area contributed by atoms with Crippen molar-refractivity contribution in [3.63, 3.8) is 0 Å². The Morgan fingerprint density at radius 3 is 2.61 bits per heavy atom. The highest BCUT2D eigenvalue weighted by Gasteiger charge is 2.17. The molecule has 2 nitrogen and oxygen atoms in total. The number of halogens is 2. The summed E-state index contributed by atoms with van der Waals surface area (Å²) in [7, 11) is 0.